The van der Waals surface area contributed by atoms with Gasteiger partial charge in [-0.2, -0.15) is 0 Å². The smallest absolute Gasteiger partial charge is 0.287 e. The van der Waals surface area contributed by atoms with Crippen molar-refractivity contribution < 1.29 is 9.21 Å². The largest absolute Gasteiger partial charge is 0.459 e. The second-order valence-electron chi connectivity index (χ2n) is 7.62. The van der Waals surface area contributed by atoms with Crippen LogP contribution in [0.3, 0.4) is 0 Å². The minimum atomic E-state index is -0.158. The average molecular weight is 476 g/mol. The third-order valence-corrected chi connectivity index (χ3v) is 4.90. The molecule has 1 aliphatic rings. The van der Waals surface area contributed by atoms with Crippen molar-refractivity contribution in [3.05, 3.63) is 23.7 Å². The number of hydrogen-bond donors (Lipinski definition) is 3. The van der Waals surface area contributed by atoms with Crippen molar-refractivity contribution in [1.82, 2.24) is 16.0 Å². The minimum absolute atomic E-state index is 0. The molecule has 7 heteroatoms. The second kappa shape index (κ2) is 10.8. The van der Waals surface area contributed by atoms with Gasteiger partial charge in [-0.1, -0.05) is 13.8 Å². The molecular weight excluding hydrogens is 443 g/mol. The molecule has 1 aromatic heterocycles. The van der Waals surface area contributed by atoms with Gasteiger partial charge in [0.15, 0.2) is 11.7 Å². The highest BCUT2D eigenvalue weighted by atomic mass is 127. The minimum Gasteiger partial charge on any atom is -0.459 e. The first-order chi connectivity index (χ1) is 11.9. The number of carbonyl (C=O) groups is 1. The van der Waals surface area contributed by atoms with E-state index >= 15 is 0 Å². The highest BCUT2D eigenvalue weighted by Crippen LogP contribution is 2.34. The molecule has 3 N–H and O–H groups in total. The molecule has 148 valence electrons. The summed E-state index contributed by atoms with van der Waals surface area (Å²) in [5.74, 6) is 1.08. The summed E-state index contributed by atoms with van der Waals surface area (Å²) >= 11 is 0. The molecule has 1 fully saturated rings. The third-order valence-electron chi connectivity index (χ3n) is 4.90. The molecule has 0 atom stereocenters. The maximum absolute atomic E-state index is 11.9. The Morgan fingerprint density at radius 3 is 2.50 bits per heavy atom. The summed E-state index contributed by atoms with van der Waals surface area (Å²) in [6, 6.07) is 2.29. The van der Waals surface area contributed by atoms with E-state index in [2.05, 4.69) is 34.8 Å². The van der Waals surface area contributed by atoms with Gasteiger partial charge in [0.2, 0.25) is 0 Å². The molecule has 0 radical (unpaired) electrons. The van der Waals surface area contributed by atoms with Crippen LogP contribution < -0.4 is 16.0 Å². The fourth-order valence-corrected chi connectivity index (χ4v) is 3.11. The monoisotopic (exact) mass is 476 g/mol. The lowest BCUT2D eigenvalue weighted by Gasteiger charge is -2.35. The lowest BCUT2D eigenvalue weighted by Crippen LogP contribution is -2.46. The van der Waals surface area contributed by atoms with Gasteiger partial charge in [0.1, 0.15) is 0 Å². The Kier molecular flexibility index (Phi) is 9.46. The van der Waals surface area contributed by atoms with E-state index < -0.39 is 0 Å². The number of nitrogens with one attached hydrogen (secondary N) is 3. The zero-order valence-corrected chi connectivity index (χ0v) is 18.7. The summed E-state index contributed by atoms with van der Waals surface area (Å²) in [7, 11) is 1.80. The van der Waals surface area contributed by atoms with Crippen LogP contribution in [0.5, 0.6) is 0 Å². The summed E-state index contributed by atoms with van der Waals surface area (Å²) < 4.78 is 5.18. The van der Waals surface area contributed by atoms with Gasteiger partial charge in [-0.3, -0.25) is 9.79 Å². The highest BCUT2D eigenvalue weighted by molar-refractivity contribution is 14.0. The van der Waals surface area contributed by atoms with Crippen LogP contribution in [0.15, 0.2) is 21.7 Å². The third kappa shape index (κ3) is 7.17. The van der Waals surface area contributed by atoms with Gasteiger partial charge in [-0.25, -0.2) is 0 Å². The zero-order valence-electron chi connectivity index (χ0n) is 16.4. The molecule has 26 heavy (non-hydrogen) atoms. The van der Waals surface area contributed by atoms with Crippen molar-refractivity contribution in [3.8, 4) is 0 Å². The first-order valence-electron chi connectivity index (χ1n) is 9.21. The maximum Gasteiger partial charge on any atom is 0.287 e. The van der Waals surface area contributed by atoms with Gasteiger partial charge in [-0.05, 0) is 50.5 Å². The lowest BCUT2D eigenvalue weighted by molar-refractivity contribution is 0.0925. The fraction of sp³-hybridized carbons (Fsp3) is 0.684. The van der Waals surface area contributed by atoms with Crippen LogP contribution in [0.25, 0.3) is 0 Å². The first kappa shape index (κ1) is 22.8. The van der Waals surface area contributed by atoms with Crippen LogP contribution in [0, 0.1) is 12.3 Å². The number of nitrogens with zero attached hydrogens (tertiary/aromatic N) is 1. The molecule has 1 heterocycles. The van der Waals surface area contributed by atoms with Gasteiger partial charge < -0.3 is 20.4 Å². The topological polar surface area (TPSA) is 78.7 Å². The molecule has 0 saturated heterocycles. The summed E-state index contributed by atoms with van der Waals surface area (Å²) in [6.45, 7) is 7.90. The normalized spacial score (nSPS) is 17.3. The number of aliphatic imine (C=N–C) groups is 1. The summed E-state index contributed by atoms with van der Waals surface area (Å²) in [5.41, 5.74) is 1.33. The molecule has 0 unspecified atom stereocenters. The quantitative estimate of drug-likeness (QED) is 0.254. The number of hydrogen-bond acceptors (Lipinski definition) is 3. The SMILES string of the molecule is CN=C(NCCCNC(=O)c1occc1C)NC1CCC(C)(C)CC1.I. The summed E-state index contributed by atoms with van der Waals surface area (Å²) in [4.78, 5) is 16.2. The van der Waals surface area contributed by atoms with E-state index in [4.69, 9.17) is 4.42 Å². The van der Waals surface area contributed by atoms with Gasteiger partial charge in [0.25, 0.3) is 5.91 Å². The second-order valence-corrected chi connectivity index (χ2v) is 7.62. The molecule has 1 saturated carbocycles. The van der Waals surface area contributed by atoms with Crippen molar-refractivity contribution in [3.63, 3.8) is 0 Å². The van der Waals surface area contributed by atoms with E-state index in [0.29, 0.717) is 23.8 Å². The van der Waals surface area contributed by atoms with Gasteiger partial charge in [0.05, 0.1) is 6.26 Å². The van der Waals surface area contributed by atoms with Gasteiger partial charge >= 0.3 is 0 Å². The summed E-state index contributed by atoms with van der Waals surface area (Å²) in [6.07, 6.45) is 7.23. The lowest BCUT2D eigenvalue weighted by atomic mass is 9.75. The fourth-order valence-electron chi connectivity index (χ4n) is 3.11. The standard InChI is InChI=1S/C19H32N4O2.HI/c1-14-8-13-25-16(14)17(24)21-11-5-12-22-18(20-4)23-15-6-9-19(2,3)10-7-15;/h8,13,15H,5-7,9-12H2,1-4H3,(H,21,24)(H2,20,22,23);1H. The van der Waals surface area contributed by atoms with E-state index in [0.717, 1.165) is 24.5 Å². The number of halogens is 1. The van der Waals surface area contributed by atoms with Crippen LogP contribution in [-0.2, 0) is 0 Å². The number of rotatable bonds is 6. The Labute approximate surface area is 174 Å². The predicted molar refractivity (Wildman–Crippen MR) is 116 cm³/mol. The highest BCUT2D eigenvalue weighted by Gasteiger charge is 2.27. The molecule has 0 aliphatic heterocycles. The van der Waals surface area contributed by atoms with Crippen LogP contribution in [0.1, 0.15) is 62.1 Å². The molecule has 0 aromatic carbocycles. The Hall–Kier alpha value is -1.25. The Morgan fingerprint density at radius 2 is 1.92 bits per heavy atom. The number of amides is 1. The van der Waals surface area contributed by atoms with Crippen molar-refractivity contribution in [1.29, 1.82) is 0 Å². The predicted octanol–water partition coefficient (Wildman–Crippen LogP) is 3.46. The van der Waals surface area contributed by atoms with Crippen molar-refractivity contribution in [2.24, 2.45) is 10.4 Å². The average Bonchev–Trinajstić information content (AvgIpc) is 3.01. The molecule has 1 aliphatic carbocycles. The molecule has 0 bridgehead atoms. The molecule has 0 spiro atoms. The van der Waals surface area contributed by atoms with E-state index in [-0.39, 0.29) is 29.9 Å². The zero-order chi connectivity index (χ0) is 18.3. The molecule has 2 rings (SSSR count). The molecule has 1 amide bonds. The Morgan fingerprint density at radius 1 is 1.27 bits per heavy atom. The summed E-state index contributed by atoms with van der Waals surface area (Å²) in [5, 5.41) is 9.71. The van der Waals surface area contributed by atoms with Crippen LogP contribution in [-0.4, -0.2) is 38.0 Å². The van der Waals surface area contributed by atoms with Crippen LogP contribution in [0.2, 0.25) is 0 Å². The molecule has 1 aromatic rings. The van der Waals surface area contributed by atoms with Crippen molar-refractivity contribution >= 4 is 35.8 Å². The van der Waals surface area contributed by atoms with Gasteiger partial charge in [0, 0.05) is 31.7 Å². The first-order valence-corrected chi connectivity index (χ1v) is 9.21. The van der Waals surface area contributed by atoms with Crippen LogP contribution in [0.4, 0.5) is 0 Å². The van der Waals surface area contributed by atoms with E-state index in [1.165, 1.54) is 31.9 Å². The van der Waals surface area contributed by atoms with E-state index in [9.17, 15) is 4.79 Å². The van der Waals surface area contributed by atoms with Crippen molar-refractivity contribution in [2.45, 2.75) is 58.9 Å². The number of furan rings is 1. The number of carbonyl (C=O) groups excluding carboxylic acids is 1. The van der Waals surface area contributed by atoms with Gasteiger partial charge in [-0.15, -0.1) is 24.0 Å². The molecular formula is C19H33IN4O2. The van der Waals surface area contributed by atoms with E-state index in [1.807, 2.05) is 6.92 Å². The molecule has 6 nitrogen and oxygen atoms in total. The van der Waals surface area contributed by atoms with E-state index in [1.54, 1.807) is 13.1 Å². The maximum atomic E-state index is 11.9. The number of aryl methyl sites for hydroxylation is 1. The number of guanidine groups is 1. The Balaban J connectivity index is 0.00000338. The Bertz CT molecular complexity index is 588. The van der Waals surface area contributed by atoms with Crippen molar-refractivity contribution in [2.75, 3.05) is 20.1 Å². The van der Waals surface area contributed by atoms with Crippen LogP contribution >= 0.6 is 24.0 Å².